The molecule has 0 saturated heterocycles. The molecule has 0 radical (unpaired) electrons. The quantitative estimate of drug-likeness (QED) is 0.739. The summed E-state index contributed by atoms with van der Waals surface area (Å²) in [4.78, 5) is 12.7. The summed E-state index contributed by atoms with van der Waals surface area (Å²) in [5, 5.41) is 2.28. The number of likely N-dealkylation sites (N-methyl/N-ethyl adjacent to an activating group) is 1. The van der Waals surface area contributed by atoms with E-state index < -0.39 is 12.3 Å². The molecule has 0 aromatic carbocycles. The highest BCUT2D eigenvalue weighted by molar-refractivity contribution is 5.79. The molecule has 1 saturated carbocycles. The maximum atomic E-state index is 11.9. The van der Waals surface area contributed by atoms with Gasteiger partial charge < -0.3 is 10.2 Å². The van der Waals surface area contributed by atoms with Crippen LogP contribution in [-0.2, 0) is 4.79 Å². The van der Waals surface area contributed by atoms with Crippen LogP contribution in [0.3, 0.4) is 0 Å². The van der Waals surface area contributed by atoms with Gasteiger partial charge in [0.2, 0.25) is 0 Å². The van der Waals surface area contributed by atoms with Crippen molar-refractivity contribution in [2.24, 2.45) is 0 Å². The minimum Gasteiger partial charge on any atom is -0.349 e. The summed E-state index contributed by atoms with van der Waals surface area (Å²) in [6, 6.07) is 0. The number of alkyl halides is 2. The van der Waals surface area contributed by atoms with Gasteiger partial charge in [0.05, 0.1) is 0 Å². The molecule has 0 atom stereocenters. The van der Waals surface area contributed by atoms with Crippen LogP contribution in [0.1, 0.15) is 19.3 Å². The molecular formula is C9H16F2N2O. The monoisotopic (exact) mass is 206 g/mol. The molecule has 3 nitrogen and oxygen atoms in total. The molecule has 0 unspecified atom stereocenters. The molecule has 1 aliphatic rings. The molecule has 0 aromatic heterocycles. The van der Waals surface area contributed by atoms with Crippen LogP contribution < -0.4 is 5.32 Å². The molecule has 82 valence electrons. The van der Waals surface area contributed by atoms with Gasteiger partial charge in [0.25, 0.3) is 5.91 Å². The van der Waals surface area contributed by atoms with Gasteiger partial charge in [-0.2, -0.15) is 8.78 Å². The Morgan fingerprint density at radius 1 is 1.50 bits per heavy atom. The molecule has 1 fully saturated rings. The Balaban J connectivity index is 2.39. The smallest absolute Gasteiger partial charge is 0.315 e. The van der Waals surface area contributed by atoms with Crippen molar-refractivity contribution in [2.75, 3.05) is 20.6 Å². The zero-order valence-corrected chi connectivity index (χ0v) is 8.52. The molecular weight excluding hydrogens is 190 g/mol. The topological polar surface area (TPSA) is 32.3 Å². The maximum absolute atomic E-state index is 11.9. The minimum atomic E-state index is -2.91. The van der Waals surface area contributed by atoms with E-state index in [9.17, 15) is 13.6 Å². The van der Waals surface area contributed by atoms with Gasteiger partial charge >= 0.3 is 6.43 Å². The lowest BCUT2D eigenvalue weighted by Gasteiger charge is -2.47. The summed E-state index contributed by atoms with van der Waals surface area (Å²) in [7, 11) is 3.82. The molecule has 0 bridgehead atoms. The van der Waals surface area contributed by atoms with Gasteiger partial charge in [-0.15, -0.1) is 0 Å². The third-order valence-electron chi connectivity index (χ3n) is 3.02. The predicted octanol–water partition coefficient (Wildman–Crippen LogP) is 0.852. The highest BCUT2D eigenvalue weighted by atomic mass is 19.3. The molecule has 1 N–H and O–H groups in total. The van der Waals surface area contributed by atoms with Gasteiger partial charge in [0, 0.05) is 12.1 Å². The minimum absolute atomic E-state index is 0.0927. The Kier molecular flexibility index (Phi) is 3.42. The number of nitrogens with one attached hydrogen (secondary N) is 1. The Morgan fingerprint density at radius 3 is 2.36 bits per heavy atom. The maximum Gasteiger partial charge on any atom is 0.315 e. The fraction of sp³-hybridized carbons (Fsp3) is 0.889. The molecule has 14 heavy (non-hydrogen) atoms. The van der Waals surface area contributed by atoms with Crippen LogP contribution in [0.5, 0.6) is 0 Å². The third-order valence-corrected chi connectivity index (χ3v) is 3.02. The van der Waals surface area contributed by atoms with Crippen molar-refractivity contribution >= 4 is 5.91 Å². The van der Waals surface area contributed by atoms with Gasteiger partial charge in [-0.25, -0.2) is 0 Å². The SMILES string of the molecule is CN(C)C1(CNC(=O)C(F)F)CCC1. The van der Waals surface area contributed by atoms with Crippen molar-refractivity contribution in [3.05, 3.63) is 0 Å². The molecule has 0 aliphatic heterocycles. The average molecular weight is 206 g/mol. The molecule has 0 heterocycles. The number of carbonyl (C=O) groups excluding carboxylic acids is 1. The van der Waals surface area contributed by atoms with E-state index in [1.165, 1.54) is 0 Å². The molecule has 1 amide bonds. The number of rotatable bonds is 4. The van der Waals surface area contributed by atoms with Gasteiger partial charge in [-0.3, -0.25) is 4.79 Å². The van der Waals surface area contributed by atoms with Gasteiger partial charge in [0.15, 0.2) is 0 Å². The summed E-state index contributed by atoms with van der Waals surface area (Å²) in [6.45, 7) is 0.323. The van der Waals surface area contributed by atoms with Crippen LogP contribution in [-0.4, -0.2) is 43.4 Å². The summed E-state index contributed by atoms with van der Waals surface area (Å²) in [6.07, 6.45) is 0.116. The lowest BCUT2D eigenvalue weighted by Crippen LogP contribution is -2.57. The number of nitrogens with zero attached hydrogens (tertiary/aromatic N) is 1. The second-order valence-electron chi connectivity index (χ2n) is 3.99. The molecule has 1 rings (SSSR count). The summed E-state index contributed by atoms with van der Waals surface area (Å²) < 4.78 is 23.8. The lowest BCUT2D eigenvalue weighted by molar-refractivity contribution is -0.132. The highest BCUT2D eigenvalue weighted by Gasteiger charge is 2.39. The largest absolute Gasteiger partial charge is 0.349 e. The van der Waals surface area contributed by atoms with Crippen LogP contribution in [0, 0.1) is 0 Å². The van der Waals surface area contributed by atoms with Crippen molar-refractivity contribution in [2.45, 2.75) is 31.2 Å². The summed E-state index contributed by atoms with van der Waals surface area (Å²) >= 11 is 0. The van der Waals surface area contributed by atoms with Crippen LogP contribution >= 0.6 is 0 Å². The standard InChI is InChI=1S/C9H16F2N2O/c1-13(2)9(4-3-5-9)6-12-8(14)7(10)11/h7H,3-6H2,1-2H3,(H,12,14). The van der Waals surface area contributed by atoms with Gasteiger partial charge in [0.1, 0.15) is 0 Å². The van der Waals surface area contributed by atoms with E-state index in [-0.39, 0.29) is 5.54 Å². The van der Waals surface area contributed by atoms with E-state index in [4.69, 9.17) is 0 Å². The van der Waals surface area contributed by atoms with Crippen molar-refractivity contribution in [1.82, 2.24) is 10.2 Å². The van der Waals surface area contributed by atoms with Crippen molar-refractivity contribution < 1.29 is 13.6 Å². The zero-order valence-electron chi connectivity index (χ0n) is 8.52. The highest BCUT2D eigenvalue weighted by Crippen LogP contribution is 2.35. The Morgan fingerprint density at radius 2 is 2.07 bits per heavy atom. The van der Waals surface area contributed by atoms with Gasteiger partial charge in [-0.05, 0) is 33.4 Å². The van der Waals surface area contributed by atoms with Crippen LogP contribution in [0.15, 0.2) is 0 Å². The van der Waals surface area contributed by atoms with Crippen LogP contribution in [0.2, 0.25) is 0 Å². The van der Waals surface area contributed by atoms with Crippen molar-refractivity contribution in [1.29, 1.82) is 0 Å². The number of hydrogen-bond donors (Lipinski definition) is 1. The van der Waals surface area contributed by atoms with E-state index in [0.717, 1.165) is 19.3 Å². The first-order valence-electron chi connectivity index (χ1n) is 4.71. The Bertz CT molecular complexity index is 215. The number of carbonyl (C=O) groups is 1. The van der Waals surface area contributed by atoms with E-state index in [1.807, 2.05) is 19.0 Å². The molecule has 5 heteroatoms. The normalized spacial score (nSPS) is 19.6. The van der Waals surface area contributed by atoms with E-state index in [0.29, 0.717) is 6.54 Å². The molecule has 0 spiro atoms. The van der Waals surface area contributed by atoms with Gasteiger partial charge in [-0.1, -0.05) is 0 Å². The first-order valence-corrected chi connectivity index (χ1v) is 4.71. The Hall–Kier alpha value is -0.710. The fourth-order valence-corrected chi connectivity index (χ4v) is 1.70. The summed E-state index contributed by atoms with van der Waals surface area (Å²) in [5.74, 6) is -1.17. The van der Waals surface area contributed by atoms with E-state index >= 15 is 0 Å². The number of halogens is 2. The van der Waals surface area contributed by atoms with Crippen molar-refractivity contribution in [3.8, 4) is 0 Å². The average Bonchev–Trinajstić information content (AvgIpc) is 2.00. The second kappa shape index (κ2) is 4.21. The predicted molar refractivity (Wildman–Crippen MR) is 49.3 cm³/mol. The first kappa shape index (κ1) is 11.4. The first-order chi connectivity index (χ1) is 6.48. The zero-order chi connectivity index (χ0) is 10.8. The number of hydrogen-bond acceptors (Lipinski definition) is 2. The van der Waals surface area contributed by atoms with Crippen LogP contribution in [0.25, 0.3) is 0 Å². The lowest BCUT2D eigenvalue weighted by atomic mass is 9.75. The molecule has 0 aromatic rings. The van der Waals surface area contributed by atoms with Crippen molar-refractivity contribution in [3.63, 3.8) is 0 Å². The third kappa shape index (κ3) is 2.20. The van der Waals surface area contributed by atoms with E-state index in [1.54, 1.807) is 0 Å². The number of amides is 1. The van der Waals surface area contributed by atoms with Crippen LogP contribution in [0.4, 0.5) is 8.78 Å². The summed E-state index contributed by atoms with van der Waals surface area (Å²) in [5.41, 5.74) is -0.0927. The molecule has 1 aliphatic carbocycles. The Labute approximate surface area is 82.5 Å². The van der Waals surface area contributed by atoms with E-state index in [2.05, 4.69) is 5.32 Å². The fourth-order valence-electron chi connectivity index (χ4n) is 1.70. The second-order valence-corrected chi connectivity index (χ2v) is 3.99.